The molecule has 1 aliphatic rings. The Balaban J connectivity index is 1.55. The number of hydrogen-bond donors (Lipinski definition) is 1. The van der Waals surface area contributed by atoms with Gasteiger partial charge in [0.2, 0.25) is 0 Å². The minimum absolute atomic E-state index is 0.0423. The van der Waals surface area contributed by atoms with Crippen molar-refractivity contribution in [2.24, 2.45) is 7.05 Å². The van der Waals surface area contributed by atoms with E-state index in [2.05, 4.69) is 5.32 Å². The number of benzene rings is 1. The summed E-state index contributed by atoms with van der Waals surface area (Å²) in [4.78, 5) is 38.7. The van der Waals surface area contributed by atoms with Gasteiger partial charge in [-0.3, -0.25) is 4.79 Å². The van der Waals surface area contributed by atoms with E-state index < -0.39 is 5.63 Å². The van der Waals surface area contributed by atoms with Crippen LogP contribution >= 0.6 is 0 Å². The molecule has 4 rings (SSSR count). The highest BCUT2D eigenvalue weighted by atomic mass is 16.6. The average molecular weight is 397 g/mol. The fourth-order valence-corrected chi connectivity index (χ4v) is 3.89. The second-order valence-electron chi connectivity index (χ2n) is 7.17. The molecule has 29 heavy (non-hydrogen) atoms. The molecule has 2 amide bonds. The normalized spacial score (nSPS) is 15.0. The Hall–Kier alpha value is -3.29. The van der Waals surface area contributed by atoms with Crippen LogP contribution in [0.5, 0.6) is 0 Å². The Morgan fingerprint density at radius 3 is 2.66 bits per heavy atom. The van der Waals surface area contributed by atoms with Crippen LogP contribution < -0.4 is 10.9 Å². The smallest absolute Gasteiger partial charge is 0.409 e. The molecule has 0 saturated carbocycles. The van der Waals surface area contributed by atoms with E-state index in [0.29, 0.717) is 54.7 Å². The fraction of sp³-hybridized carbons (Fsp3) is 0.381. The predicted octanol–water partition coefficient (Wildman–Crippen LogP) is 2.64. The zero-order chi connectivity index (χ0) is 20.5. The minimum Gasteiger partial charge on any atom is -0.450 e. The van der Waals surface area contributed by atoms with Crippen molar-refractivity contribution in [3.63, 3.8) is 0 Å². The first-order valence-corrected chi connectivity index (χ1v) is 9.73. The number of amides is 2. The highest BCUT2D eigenvalue weighted by molar-refractivity contribution is 6.07. The van der Waals surface area contributed by atoms with Gasteiger partial charge in [-0.1, -0.05) is 12.1 Å². The van der Waals surface area contributed by atoms with Crippen LogP contribution in [0.25, 0.3) is 21.9 Å². The van der Waals surface area contributed by atoms with E-state index in [1.807, 2.05) is 12.1 Å². The first kappa shape index (κ1) is 19.0. The predicted molar refractivity (Wildman–Crippen MR) is 108 cm³/mol. The number of ether oxygens (including phenoxy) is 1. The molecule has 8 nitrogen and oxygen atoms in total. The van der Waals surface area contributed by atoms with Crippen LogP contribution in [0.3, 0.4) is 0 Å². The second kappa shape index (κ2) is 7.62. The molecule has 8 heteroatoms. The summed E-state index contributed by atoms with van der Waals surface area (Å²) in [5.74, 6) is -0.248. The van der Waals surface area contributed by atoms with Crippen LogP contribution in [0.15, 0.2) is 39.5 Å². The molecule has 0 atom stereocenters. The number of likely N-dealkylation sites (tertiary alicyclic amines) is 1. The fourth-order valence-electron chi connectivity index (χ4n) is 3.89. The number of aryl methyl sites for hydroxylation is 1. The van der Waals surface area contributed by atoms with Crippen molar-refractivity contribution in [1.29, 1.82) is 0 Å². The molecule has 0 bridgehead atoms. The number of aromatic nitrogens is 1. The summed E-state index contributed by atoms with van der Waals surface area (Å²) in [5.41, 5.74) is 1.11. The van der Waals surface area contributed by atoms with E-state index in [9.17, 15) is 14.4 Å². The van der Waals surface area contributed by atoms with Crippen molar-refractivity contribution < 1.29 is 18.7 Å². The molecule has 3 heterocycles. The number of rotatable bonds is 3. The van der Waals surface area contributed by atoms with Gasteiger partial charge in [0.25, 0.3) is 5.91 Å². The molecule has 0 spiro atoms. The van der Waals surface area contributed by atoms with E-state index in [-0.39, 0.29) is 18.0 Å². The summed E-state index contributed by atoms with van der Waals surface area (Å²) in [5, 5.41) is 4.19. The molecule has 2 aromatic heterocycles. The van der Waals surface area contributed by atoms with E-state index in [1.54, 1.807) is 41.6 Å². The summed E-state index contributed by atoms with van der Waals surface area (Å²) in [6.07, 6.45) is 0.989. The zero-order valence-corrected chi connectivity index (χ0v) is 16.4. The quantitative estimate of drug-likeness (QED) is 0.686. The molecule has 0 radical (unpaired) electrons. The molecule has 0 unspecified atom stereocenters. The van der Waals surface area contributed by atoms with Gasteiger partial charge in [0.15, 0.2) is 0 Å². The summed E-state index contributed by atoms with van der Waals surface area (Å²) in [6, 6.07) is 8.81. The topological polar surface area (TPSA) is 93.8 Å². The summed E-state index contributed by atoms with van der Waals surface area (Å²) in [7, 11) is 1.77. The molecule has 1 aliphatic heterocycles. The van der Waals surface area contributed by atoms with Crippen LogP contribution in [0.4, 0.5) is 4.79 Å². The first-order chi connectivity index (χ1) is 14.0. The monoisotopic (exact) mass is 397 g/mol. The van der Waals surface area contributed by atoms with Gasteiger partial charge >= 0.3 is 11.7 Å². The largest absolute Gasteiger partial charge is 0.450 e. The van der Waals surface area contributed by atoms with Crippen molar-refractivity contribution in [2.45, 2.75) is 25.8 Å². The maximum atomic E-state index is 12.9. The van der Waals surface area contributed by atoms with Crippen LogP contribution in [0.2, 0.25) is 0 Å². The van der Waals surface area contributed by atoms with Gasteiger partial charge in [-0.25, -0.2) is 9.59 Å². The van der Waals surface area contributed by atoms with E-state index >= 15 is 0 Å². The van der Waals surface area contributed by atoms with Gasteiger partial charge in [0, 0.05) is 31.6 Å². The van der Waals surface area contributed by atoms with Crippen molar-refractivity contribution >= 4 is 33.9 Å². The molecule has 1 saturated heterocycles. The first-order valence-electron chi connectivity index (χ1n) is 9.73. The Morgan fingerprint density at radius 2 is 1.93 bits per heavy atom. The van der Waals surface area contributed by atoms with Gasteiger partial charge < -0.3 is 23.9 Å². The summed E-state index contributed by atoms with van der Waals surface area (Å²) >= 11 is 0. The van der Waals surface area contributed by atoms with E-state index in [0.717, 1.165) is 5.39 Å². The van der Waals surface area contributed by atoms with E-state index in [4.69, 9.17) is 9.15 Å². The second-order valence-corrected chi connectivity index (χ2v) is 7.17. The van der Waals surface area contributed by atoms with Crippen LogP contribution in [-0.4, -0.2) is 47.2 Å². The number of nitrogens with zero attached hydrogens (tertiary/aromatic N) is 2. The zero-order valence-electron chi connectivity index (χ0n) is 16.4. The van der Waals surface area contributed by atoms with E-state index in [1.165, 1.54) is 0 Å². The number of carbonyl (C=O) groups is 2. The summed E-state index contributed by atoms with van der Waals surface area (Å²) < 4.78 is 12.1. The SMILES string of the molecule is CCOC(=O)N1CCC(NC(=O)c2cc3c(=O)oc4ccccc4c3n2C)CC1. The Kier molecular flexibility index (Phi) is 5.00. The third-order valence-electron chi connectivity index (χ3n) is 5.39. The number of hydrogen-bond acceptors (Lipinski definition) is 5. The molecular weight excluding hydrogens is 374 g/mol. The number of carbonyl (C=O) groups excluding carboxylic acids is 2. The summed E-state index contributed by atoms with van der Waals surface area (Å²) in [6.45, 7) is 3.19. The number of piperidine rings is 1. The minimum atomic E-state index is -0.462. The van der Waals surface area contributed by atoms with Crippen molar-refractivity contribution in [3.05, 3.63) is 46.4 Å². The maximum absolute atomic E-state index is 12.9. The van der Waals surface area contributed by atoms with Crippen molar-refractivity contribution in [2.75, 3.05) is 19.7 Å². The van der Waals surface area contributed by atoms with Gasteiger partial charge in [0.05, 0.1) is 17.5 Å². The lowest BCUT2D eigenvalue weighted by molar-refractivity contribution is 0.0855. The number of fused-ring (bicyclic) bond motifs is 3. The van der Waals surface area contributed by atoms with Gasteiger partial charge in [0.1, 0.15) is 11.3 Å². The van der Waals surface area contributed by atoms with Crippen LogP contribution in [0.1, 0.15) is 30.3 Å². The molecule has 3 aromatic rings. The molecule has 1 N–H and O–H groups in total. The lowest BCUT2D eigenvalue weighted by atomic mass is 10.1. The molecule has 152 valence electrons. The van der Waals surface area contributed by atoms with Crippen molar-refractivity contribution in [3.8, 4) is 0 Å². The lowest BCUT2D eigenvalue weighted by Gasteiger charge is -2.31. The Labute approximate surface area is 167 Å². The third kappa shape index (κ3) is 3.46. The van der Waals surface area contributed by atoms with Crippen LogP contribution in [0, 0.1) is 0 Å². The highest BCUT2D eigenvalue weighted by Crippen LogP contribution is 2.25. The average Bonchev–Trinajstić information content (AvgIpc) is 3.07. The van der Waals surface area contributed by atoms with Gasteiger partial charge in [-0.05, 0) is 38.0 Å². The molecule has 1 aromatic carbocycles. The van der Waals surface area contributed by atoms with Crippen molar-refractivity contribution in [1.82, 2.24) is 14.8 Å². The standard InChI is InChI=1S/C21H23N3O5/c1-3-28-21(27)24-10-8-13(9-11-24)22-19(25)16-12-15-18(23(16)2)14-6-4-5-7-17(14)29-20(15)26/h4-7,12-13H,3,8-11H2,1-2H3,(H,22,25). The Morgan fingerprint density at radius 1 is 1.21 bits per heavy atom. The van der Waals surface area contributed by atoms with Crippen LogP contribution in [-0.2, 0) is 11.8 Å². The number of para-hydroxylation sites is 1. The third-order valence-corrected chi connectivity index (χ3v) is 5.39. The lowest BCUT2D eigenvalue weighted by Crippen LogP contribution is -2.46. The molecular formula is C21H23N3O5. The van der Waals surface area contributed by atoms with Gasteiger partial charge in [-0.15, -0.1) is 0 Å². The molecule has 0 aliphatic carbocycles. The highest BCUT2D eigenvalue weighted by Gasteiger charge is 2.26. The number of nitrogens with one attached hydrogen (secondary N) is 1. The van der Waals surface area contributed by atoms with Gasteiger partial charge in [-0.2, -0.15) is 0 Å². The maximum Gasteiger partial charge on any atom is 0.409 e. The molecule has 1 fully saturated rings. The Bertz CT molecular complexity index is 1140.